The van der Waals surface area contributed by atoms with Crippen LogP contribution in [0.25, 0.3) is 0 Å². The third-order valence-corrected chi connectivity index (χ3v) is 2.65. The molecule has 16 heavy (non-hydrogen) atoms. The van der Waals surface area contributed by atoms with Crippen molar-refractivity contribution in [1.82, 2.24) is 10.3 Å². The van der Waals surface area contributed by atoms with E-state index in [-0.39, 0.29) is 0 Å². The standard InChI is InChI=1S/C12H18N4/c1-10(14-2)11-5-6-12(15-9-11)16(3)8-4-7-13/h5-6,9-10,14H,4,8H2,1-3H3. The smallest absolute Gasteiger partial charge is 0.128 e. The zero-order valence-electron chi connectivity index (χ0n) is 10.1. The molecule has 0 spiro atoms. The van der Waals surface area contributed by atoms with Gasteiger partial charge in [-0.05, 0) is 25.6 Å². The van der Waals surface area contributed by atoms with Crippen molar-refractivity contribution in [2.45, 2.75) is 19.4 Å². The molecule has 1 rings (SSSR count). The van der Waals surface area contributed by atoms with Crippen LogP contribution < -0.4 is 10.2 Å². The molecule has 86 valence electrons. The lowest BCUT2D eigenvalue weighted by atomic mass is 10.1. The Morgan fingerprint density at radius 2 is 2.31 bits per heavy atom. The Morgan fingerprint density at radius 1 is 1.56 bits per heavy atom. The summed E-state index contributed by atoms with van der Waals surface area (Å²) in [6.07, 6.45) is 2.40. The topological polar surface area (TPSA) is 52.0 Å². The summed E-state index contributed by atoms with van der Waals surface area (Å²) in [7, 11) is 3.87. The number of pyridine rings is 1. The van der Waals surface area contributed by atoms with E-state index in [0.29, 0.717) is 19.0 Å². The van der Waals surface area contributed by atoms with E-state index >= 15 is 0 Å². The Labute approximate surface area is 96.9 Å². The van der Waals surface area contributed by atoms with E-state index in [4.69, 9.17) is 5.26 Å². The average Bonchev–Trinajstić information content (AvgIpc) is 2.35. The van der Waals surface area contributed by atoms with Gasteiger partial charge in [0, 0.05) is 25.8 Å². The maximum atomic E-state index is 8.51. The lowest BCUT2D eigenvalue weighted by Gasteiger charge is -2.17. The van der Waals surface area contributed by atoms with Gasteiger partial charge < -0.3 is 10.2 Å². The molecular formula is C12H18N4. The van der Waals surface area contributed by atoms with Crippen molar-refractivity contribution in [3.05, 3.63) is 23.9 Å². The fraction of sp³-hybridized carbons (Fsp3) is 0.500. The molecule has 1 unspecified atom stereocenters. The lowest BCUT2D eigenvalue weighted by molar-refractivity contribution is 0.649. The highest BCUT2D eigenvalue weighted by Crippen LogP contribution is 2.14. The second-order valence-corrected chi connectivity index (χ2v) is 3.79. The highest BCUT2D eigenvalue weighted by atomic mass is 15.2. The summed E-state index contributed by atoms with van der Waals surface area (Å²) in [6, 6.07) is 6.49. The van der Waals surface area contributed by atoms with Crippen molar-refractivity contribution in [3.8, 4) is 6.07 Å². The molecular weight excluding hydrogens is 200 g/mol. The summed E-state index contributed by atoms with van der Waals surface area (Å²) < 4.78 is 0. The molecule has 1 aromatic heterocycles. The van der Waals surface area contributed by atoms with Crippen LogP contribution in [0.4, 0.5) is 5.82 Å². The van der Waals surface area contributed by atoms with Crippen molar-refractivity contribution in [2.75, 3.05) is 25.5 Å². The van der Waals surface area contributed by atoms with Gasteiger partial charge in [0.15, 0.2) is 0 Å². The zero-order valence-corrected chi connectivity index (χ0v) is 10.1. The molecule has 0 amide bonds. The molecule has 0 fully saturated rings. The van der Waals surface area contributed by atoms with Crippen molar-refractivity contribution < 1.29 is 0 Å². The number of hydrogen-bond donors (Lipinski definition) is 1. The van der Waals surface area contributed by atoms with E-state index in [1.54, 1.807) is 0 Å². The second-order valence-electron chi connectivity index (χ2n) is 3.79. The molecule has 1 heterocycles. The van der Waals surface area contributed by atoms with Crippen LogP contribution in [0, 0.1) is 11.3 Å². The molecule has 1 atom stereocenters. The maximum absolute atomic E-state index is 8.51. The Balaban J connectivity index is 2.67. The molecule has 0 saturated heterocycles. The molecule has 0 aliphatic rings. The van der Waals surface area contributed by atoms with E-state index in [2.05, 4.69) is 29.4 Å². The predicted molar refractivity (Wildman–Crippen MR) is 65.2 cm³/mol. The fourth-order valence-electron chi connectivity index (χ4n) is 1.38. The molecule has 0 bridgehead atoms. The van der Waals surface area contributed by atoms with Crippen molar-refractivity contribution in [3.63, 3.8) is 0 Å². The summed E-state index contributed by atoms with van der Waals surface area (Å²) in [4.78, 5) is 6.36. The van der Waals surface area contributed by atoms with E-state index < -0.39 is 0 Å². The largest absolute Gasteiger partial charge is 0.359 e. The van der Waals surface area contributed by atoms with Crippen LogP contribution in [0.1, 0.15) is 24.9 Å². The third kappa shape index (κ3) is 3.21. The molecule has 0 saturated carbocycles. The first-order chi connectivity index (χ1) is 7.69. The highest BCUT2D eigenvalue weighted by Gasteiger charge is 2.05. The monoisotopic (exact) mass is 218 g/mol. The van der Waals surface area contributed by atoms with Crippen LogP contribution in [0.15, 0.2) is 18.3 Å². The predicted octanol–water partition coefficient (Wildman–Crippen LogP) is 1.71. The summed E-state index contributed by atoms with van der Waals surface area (Å²) in [5.41, 5.74) is 1.17. The van der Waals surface area contributed by atoms with Gasteiger partial charge in [0.05, 0.1) is 12.5 Å². The van der Waals surface area contributed by atoms with E-state index in [9.17, 15) is 0 Å². The summed E-state index contributed by atoms with van der Waals surface area (Å²) in [5, 5.41) is 11.7. The van der Waals surface area contributed by atoms with Gasteiger partial charge in [-0.1, -0.05) is 6.07 Å². The number of nitrogens with one attached hydrogen (secondary N) is 1. The van der Waals surface area contributed by atoms with Crippen molar-refractivity contribution in [2.24, 2.45) is 0 Å². The van der Waals surface area contributed by atoms with Gasteiger partial charge in [0.1, 0.15) is 5.82 Å². The van der Waals surface area contributed by atoms with Gasteiger partial charge in [-0.25, -0.2) is 4.98 Å². The maximum Gasteiger partial charge on any atom is 0.128 e. The first-order valence-electron chi connectivity index (χ1n) is 5.40. The van der Waals surface area contributed by atoms with Gasteiger partial charge in [-0.3, -0.25) is 0 Å². The Morgan fingerprint density at radius 3 is 2.81 bits per heavy atom. The van der Waals surface area contributed by atoms with Crippen LogP contribution >= 0.6 is 0 Å². The molecule has 4 nitrogen and oxygen atoms in total. The molecule has 1 aromatic rings. The first-order valence-corrected chi connectivity index (χ1v) is 5.40. The third-order valence-electron chi connectivity index (χ3n) is 2.65. The minimum atomic E-state index is 0.311. The number of nitriles is 1. The van der Waals surface area contributed by atoms with Crippen LogP contribution in [0.3, 0.4) is 0 Å². The summed E-state index contributed by atoms with van der Waals surface area (Å²) in [6.45, 7) is 2.81. The van der Waals surface area contributed by atoms with Crippen LogP contribution in [-0.2, 0) is 0 Å². The number of nitrogens with zero attached hydrogens (tertiary/aromatic N) is 3. The molecule has 1 N–H and O–H groups in total. The zero-order chi connectivity index (χ0) is 12.0. The van der Waals surface area contributed by atoms with E-state index in [0.717, 1.165) is 5.82 Å². The number of rotatable bonds is 5. The highest BCUT2D eigenvalue weighted by molar-refractivity contribution is 5.38. The SMILES string of the molecule is CNC(C)c1ccc(N(C)CCC#N)nc1. The van der Waals surface area contributed by atoms with Gasteiger partial charge >= 0.3 is 0 Å². The number of hydrogen-bond acceptors (Lipinski definition) is 4. The first kappa shape index (κ1) is 12.5. The van der Waals surface area contributed by atoms with Crippen LogP contribution in [-0.4, -0.2) is 25.6 Å². The Hall–Kier alpha value is -1.60. The molecule has 0 aliphatic carbocycles. The molecule has 4 heteroatoms. The Bertz CT molecular complexity index is 352. The van der Waals surface area contributed by atoms with Crippen molar-refractivity contribution in [1.29, 1.82) is 5.26 Å². The van der Waals surface area contributed by atoms with E-state index in [1.165, 1.54) is 5.56 Å². The normalized spacial score (nSPS) is 11.9. The Kier molecular flexibility index (Phi) is 4.74. The van der Waals surface area contributed by atoms with Gasteiger partial charge in [-0.15, -0.1) is 0 Å². The summed E-state index contributed by atoms with van der Waals surface area (Å²) >= 11 is 0. The van der Waals surface area contributed by atoms with Crippen LogP contribution in [0.2, 0.25) is 0 Å². The van der Waals surface area contributed by atoms with Crippen molar-refractivity contribution >= 4 is 5.82 Å². The van der Waals surface area contributed by atoms with E-state index in [1.807, 2.05) is 31.3 Å². The minimum Gasteiger partial charge on any atom is -0.359 e. The van der Waals surface area contributed by atoms with Gasteiger partial charge in [0.2, 0.25) is 0 Å². The number of aromatic nitrogens is 1. The lowest BCUT2D eigenvalue weighted by Crippen LogP contribution is -2.19. The van der Waals surface area contributed by atoms with Gasteiger partial charge in [-0.2, -0.15) is 5.26 Å². The fourth-order valence-corrected chi connectivity index (χ4v) is 1.38. The second kappa shape index (κ2) is 6.09. The van der Waals surface area contributed by atoms with Gasteiger partial charge in [0.25, 0.3) is 0 Å². The quantitative estimate of drug-likeness (QED) is 0.817. The number of anilines is 1. The molecule has 0 aromatic carbocycles. The molecule has 0 aliphatic heterocycles. The minimum absolute atomic E-state index is 0.311. The summed E-state index contributed by atoms with van der Waals surface area (Å²) in [5.74, 6) is 0.905. The van der Waals surface area contributed by atoms with Crippen LogP contribution in [0.5, 0.6) is 0 Å². The molecule has 0 radical (unpaired) electrons. The average molecular weight is 218 g/mol.